The van der Waals surface area contributed by atoms with E-state index in [-0.39, 0.29) is 0 Å². The molecule has 0 bridgehead atoms. The largest absolute Gasteiger partial charge is 0.309 e. The maximum absolute atomic E-state index is 2.44. The Hall–Kier alpha value is -7.26. The van der Waals surface area contributed by atoms with Crippen LogP contribution in [-0.4, -0.2) is 0 Å². The summed E-state index contributed by atoms with van der Waals surface area (Å²) in [5.74, 6) is 0. The highest BCUT2D eigenvalue weighted by atomic mass is 32.1. The minimum Gasteiger partial charge on any atom is -0.309 e. The van der Waals surface area contributed by atoms with Crippen LogP contribution < -0.4 is 4.90 Å². The van der Waals surface area contributed by atoms with Gasteiger partial charge in [0.05, 0.1) is 10.4 Å². The van der Waals surface area contributed by atoms with Crippen LogP contribution in [0, 0.1) is 0 Å². The molecule has 0 atom stereocenters. The van der Waals surface area contributed by atoms with Crippen LogP contribution in [0.5, 0.6) is 0 Å². The van der Waals surface area contributed by atoms with Gasteiger partial charge in [0.15, 0.2) is 0 Å². The maximum Gasteiger partial charge on any atom is 0.0640 e. The summed E-state index contributed by atoms with van der Waals surface area (Å²) in [6.07, 6.45) is 0. The standard InChI is InChI=1S/C56H37NS/c1-3-13-38(14-4-1)44-28-27-41-19-10-22-49(53(41)37-44)43-31-35-46(36-32-43)57(45-33-29-42(30-34-45)48-21-9-18-39-17-7-8-20-47(39)48)54-26-12-25-52-51-24-11-23-50(55(51)58-56(52)54)40-15-5-2-6-16-40/h1-37H. The number of fused-ring (bicyclic) bond motifs is 5. The molecule has 1 nitrogen and oxygen atoms in total. The second-order valence-corrected chi connectivity index (χ2v) is 15.9. The molecule has 0 aliphatic carbocycles. The summed E-state index contributed by atoms with van der Waals surface area (Å²) in [7, 11) is 0. The van der Waals surface area contributed by atoms with Crippen molar-refractivity contribution in [2.24, 2.45) is 0 Å². The van der Waals surface area contributed by atoms with Crippen LogP contribution in [0.15, 0.2) is 224 Å². The van der Waals surface area contributed by atoms with Gasteiger partial charge in [0, 0.05) is 26.8 Å². The van der Waals surface area contributed by atoms with E-state index < -0.39 is 0 Å². The van der Waals surface area contributed by atoms with Gasteiger partial charge in [-0.3, -0.25) is 0 Å². The van der Waals surface area contributed by atoms with Gasteiger partial charge in [-0.15, -0.1) is 11.3 Å². The number of anilines is 3. The summed E-state index contributed by atoms with van der Waals surface area (Å²) in [5.41, 5.74) is 13.2. The lowest BCUT2D eigenvalue weighted by Crippen LogP contribution is -2.10. The molecule has 2 heteroatoms. The first kappa shape index (κ1) is 34.0. The van der Waals surface area contributed by atoms with Crippen LogP contribution in [0.1, 0.15) is 0 Å². The van der Waals surface area contributed by atoms with Gasteiger partial charge in [0.1, 0.15) is 0 Å². The minimum absolute atomic E-state index is 1.11. The van der Waals surface area contributed by atoms with Crippen molar-refractivity contribution in [3.63, 3.8) is 0 Å². The first-order chi connectivity index (χ1) is 28.8. The number of hydrogen-bond acceptors (Lipinski definition) is 2. The third-order valence-corrected chi connectivity index (χ3v) is 12.8. The van der Waals surface area contributed by atoms with Gasteiger partial charge >= 0.3 is 0 Å². The minimum atomic E-state index is 1.11. The van der Waals surface area contributed by atoms with E-state index in [1.165, 1.54) is 91.9 Å². The van der Waals surface area contributed by atoms with Gasteiger partial charge in [0.2, 0.25) is 0 Å². The van der Waals surface area contributed by atoms with E-state index in [4.69, 9.17) is 0 Å². The molecular weight excluding hydrogens is 719 g/mol. The Morgan fingerprint density at radius 1 is 0.276 bits per heavy atom. The van der Waals surface area contributed by atoms with Crippen molar-refractivity contribution in [3.05, 3.63) is 224 Å². The van der Waals surface area contributed by atoms with Crippen LogP contribution in [0.25, 0.3) is 86.2 Å². The normalized spacial score (nSPS) is 11.4. The summed E-state index contributed by atoms with van der Waals surface area (Å²) >= 11 is 1.89. The van der Waals surface area contributed by atoms with Gasteiger partial charge in [-0.2, -0.15) is 0 Å². The molecule has 11 rings (SSSR count). The molecule has 0 fully saturated rings. The second-order valence-electron chi connectivity index (χ2n) is 14.9. The van der Waals surface area contributed by atoms with Gasteiger partial charge in [-0.1, -0.05) is 188 Å². The Morgan fingerprint density at radius 3 is 1.43 bits per heavy atom. The molecule has 1 aromatic heterocycles. The molecule has 0 spiro atoms. The van der Waals surface area contributed by atoms with E-state index in [0.29, 0.717) is 0 Å². The smallest absolute Gasteiger partial charge is 0.0640 e. The lowest BCUT2D eigenvalue weighted by Gasteiger charge is -2.26. The van der Waals surface area contributed by atoms with E-state index in [1.54, 1.807) is 0 Å². The van der Waals surface area contributed by atoms with Crippen molar-refractivity contribution >= 4 is 70.1 Å². The molecule has 0 amide bonds. The lowest BCUT2D eigenvalue weighted by atomic mass is 9.94. The molecule has 1 heterocycles. The zero-order valence-corrected chi connectivity index (χ0v) is 32.5. The SMILES string of the molecule is c1ccc(-c2ccc3cccc(-c4ccc(N(c5ccc(-c6cccc7ccccc67)cc5)c5cccc6c5sc5c(-c7ccccc7)cccc56)cc4)c3c2)cc1. The Bertz CT molecular complexity index is 3250. The first-order valence-electron chi connectivity index (χ1n) is 19.8. The Kier molecular flexibility index (Phi) is 8.42. The van der Waals surface area contributed by atoms with Crippen LogP contribution >= 0.6 is 11.3 Å². The number of rotatable bonds is 7. The molecule has 58 heavy (non-hydrogen) atoms. The Balaban J connectivity index is 1.06. The Morgan fingerprint density at radius 2 is 0.741 bits per heavy atom. The zero-order valence-electron chi connectivity index (χ0n) is 31.7. The topological polar surface area (TPSA) is 3.24 Å². The van der Waals surface area contributed by atoms with Crippen LogP contribution in [0.2, 0.25) is 0 Å². The molecule has 0 N–H and O–H groups in total. The molecule has 0 saturated heterocycles. The molecule has 11 aromatic rings. The molecule has 0 aliphatic heterocycles. The lowest BCUT2D eigenvalue weighted by molar-refractivity contribution is 1.30. The quantitative estimate of drug-likeness (QED) is 0.157. The summed E-state index contributed by atoms with van der Waals surface area (Å²) in [6.45, 7) is 0. The number of hydrogen-bond donors (Lipinski definition) is 0. The summed E-state index contributed by atoms with van der Waals surface area (Å²) in [5, 5.41) is 7.56. The maximum atomic E-state index is 2.44. The fraction of sp³-hybridized carbons (Fsp3) is 0. The summed E-state index contributed by atoms with van der Waals surface area (Å²) < 4.78 is 2.58. The van der Waals surface area contributed by atoms with Crippen LogP contribution in [0.4, 0.5) is 17.1 Å². The van der Waals surface area contributed by atoms with Gasteiger partial charge in [0.25, 0.3) is 0 Å². The number of benzene rings is 10. The van der Waals surface area contributed by atoms with Gasteiger partial charge in [-0.05, 0) is 102 Å². The predicted molar refractivity (Wildman–Crippen MR) is 251 cm³/mol. The van der Waals surface area contributed by atoms with E-state index in [2.05, 4.69) is 229 Å². The van der Waals surface area contributed by atoms with Gasteiger partial charge in [-0.25, -0.2) is 0 Å². The second kappa shape index (κ2) is 14.4. The monoisotopic (exact) mass is 755 g/mol. The van der Waals surface area contributed by atoms with Crippen molar-refractivity contribution < 1.29 is 0 Å². The highest BCUT2D eigenvalue weighted by Crippen LogP contribution is 2.47. The number of nitrogens with zero attached hydrogens (tertiary/aromatic N) is 1. The van der Waals surface area contributed by atoms with Crippen LogP contribution in [0.3, 0.4) is 0 Å². The molecule has 0 aliphatic rings. The summed E-state index contributed by atoms with van der Waals surface area (Å²) in [6, 6.07) is 81.8. The zero-order chi connectivity index (χ0) is 38.4. The van der Waals surface area contributed by atoms with E-state index in [0.717, 1.165) is 11.4 Å². The highest BCUT2D eigenvalue weighted by Gasteiger charge is 2.20. The predicted octanol–water partition coefficient (Wildman–Crippen LogP) is 16.5. The average Bonchev–Trinajstić information content (AvgIpc) is 3.69. The fourth-order valence-electron chi connectivity index (χ4n) is 8.65. The molecule has 10 aromatic carbocycles. The van der Waals surface area contributed by atoms with E-state index in [9.17, 15) is 0 Å². The van der Waals surface area contributed by atoms with Crippen molar-refractivity contribution in [2.75, 3.05) is 4.90 Å². The van der Waals surface area contributed by atoms with Crippen molar-refractivity contribution in [3.8, 4) is 44.5 Å². The van der Waals surface area contributed by atoms with Crippen LogP contribution in [-0.2, 0) is 0 Å². The van der Waals surface area contributed by atoms with Crippen molar-refractivity contribution in [1.82, 2.24) is 0 Å². The Labute approximate surface area is 342 Å². The van der Waals surface area contributed by atoms with Gasteiger partial charge < -0.3 is 4.90 Å². The fourth-order valence-corrected chi connectivity index (χ4v) is 9.99. The molecule has 0 saturated carbocycles. The third kappa shape index (κ3) is 5.94. The molecular formula is C56H37NS. The molecule has 0 unspecified atom stereocenters. The third-order valence-electron chi connectivity index (χ3n) is 11.5. The summed E-state index contributed by atoms with van der Waals surface area (Å²) in [4.78, 5) is 2.44. The van der Waals surface area contributed by atoms with E-state index >= 15 is 0 Å². The molecule has 0 radical (unpaired) electrons. The first-order valence-corrected chi connectivity index (χ1v) is 20.7. The van der Waals surface area contributed by atoms with E-state index in [1.807, 2.05) is 11.3 Å². The van der Waals surface area contributed by atoms with Crippen molar-refractivity contribution in [1.29, 1.82) is 0 Å². The van der Waals surface area contributed by atoms with Crippen molar-refractivity contribution in [2.45, 2.75) is 0 Å². The molecule has 272 valence electrons. The average molecular weight is 756 g/mol. The number of thiophene rings is 1. The highest BCUT2D eigenvalue weighted by molar-refractivity contribution is 7.27.